The molecule has 3 heteroatoms. The molecule has 172 valence electrons. The number of hydrogen-bond acceptors (Lipinski definition) is 2. The molecule has 0 spiro atoms. The van der Waals surface area contributed by atoms with Crippen LogP contribution in [0.25, 0.3) is 0 Å². The Morgan fingerprint density at radius 2 is 1.37 bits per heavy atom. The molecule has 0 fully saturated rings. The highest BCUT2D eigenvalue weighted by molar-refractivity contribution is 6.33. The van der Waals surface area contributed by atoms with Crippen molar-refractivity contribution in [1.82, 2.24) is 0 Å². The van der Waals surface area contributed by atoms with Crippen molar-refractivity contribution in [3.8, 4) is 11.5 Å². The number of unbranched alkanes of at least 4 members (excludes halogenated alkanes) is 13. The number of aromatic hydroxyl groups is 1. The average molecular weight is 437 g/mol. The van der Waals surface area contributed by atoms with Crippen molar-refractivity contribution in [2.45, 2.75) is 136 Å². The first kappa shape index (κ1) is 25.4. The predicted molar refractivity (Wildman–Crippen MR) is 130 cm³/mol. The lowest BCUT2D eigenvalue weighted by Gasteiger charge is -2.33. The fraction of sp³-hybridized carbons (Fsp3) is 0.778. The lowest BCUT2D eigenvalue weighted by Crippen LogP contribution is -2.32. The fourth-order valence-electron chi connectivity index (χ4n) is 4.51. The standard InChI is InChI=1S/C27H45ClO2/c1-4-5-6-7-8-9-10-11-12-13-14-15-16-17-18-22-21-24-23(25(28)26(22)29)19-20-27(2,3)30-24/h21,29H,4-20H2,1-3H3. The van der Waals surface area contributed by atoms with Crippen molar-refractivity contribution < 1.29 is 9.84 Å². The molecule has 0 unspecified atom stereocenters. The highest BCUT2D eigenvalue weighted by Gasteiger charge is 2.29. The number of fused-ring (bicyclic) bond motifs is 1. The summed E-state index contributed by atoms with van der Waals surface area (Å²) in [5.74, 6) is 1.14. The molecule has 2 nitrogen and oxygen atoms in total. The van der Waals surface area contributed by atoms with E-state index in [1.165, 1.54) is 83.5 Å². The molecule has 1 aromatic rings. The van der Waals surface area contributed by atoms with E-state index in [-0.39, 0.29) is 11.4 Å². The first-order valence-corrected chi connectivity index (χ1v) is 13.0. The zero-order valence-corrected chi connectivity index (χ0v) is 20.6. The van der Waals surface area contributed by atoms with Crippen LogP contribution >= 0.6 is 11.6 Å². The predicted octanol–water partition coefficient (Wildman–Crippen LogP) is 9.17. The Labute approximate surface area is 190 Å². The maximum atomic E-state index is 10.5. The Bertz CT molecular complexity index is 624. The van der Waals surface area contributed by atoms with Gasteiger partial charge in [0.25, 0.3) is 0 Å². The van der Waals surface area contributed by atoms with E-state index < -0.39 is 0 Å². The summed E-state index contributed by atoms with van der Waals surface area (Å²) >= 11 is 6.44. The van der Waals surface area contributed by atoms with Crippen molar-refractivity contribution in [2.24, 2.45) is 0 Å². The lowest BCUT2D eigenvalue weighted by atomic mass is 9.92. The van der Waals surface area contributed by atoms with Gasteiger partial charge in [-0.05, 0) is 51.2 Å². The minimum atomic E-state index is -0.153. The third-order valence-corrected chi connectivity index (χ3v) is 6.95. The number of phenolic OH excluding ortho intramolecular Hbond substituents is 1. The van der Waals surface area contributed by atoms with Crippen LogP contribution in [-0.2, 0) is 12.8 Å². The molecule has 0 bridgehead atoms. The smallest absolute Gasteiger partial charge is 0.137 e. The normalized spacial score (nSPS) is 15.1. The Morgan fingerprint density at radius 3 is 1.90 bits per heavy atom. The minimum Gasteiger partial charge on any atom is -0.506 e. The van der Waals surface area contributed by atoms with Crippen molar-refractivity contribution in [2.75, 3.05) is 0 Å². The molecule has 0 atom stereocenters. The molecule has 0 saturated heterocycles. The zero-order chi connectivity index (χ0) is 21.8. The summed E-state index contributed by atoms with van der Waals surface area (Å²) in [5, 5.41) is 11.0. The van der Waals surface area contributed by atoms with Crippen LogP contribution in [0.1, 0.15) is 128 Å². The maximum absolute atomic E-state index is 10.5. The Hall–Kier alpha value is -0.890. The van der Waals surface area contributed by atoms with E-state index in [1.807, 2.05) is 6.07 Å². The summed E-state index contributed by atoms with van der Waals surface area (Å²) in [6.07, 6.45) is 21.7. The molecule has 1 aromatic carbocycles. The summed E-state index contributed by atoms with van der Waals surface area (Å²) in [6.45, 7) is 6.51. The molecule has 0 amide bonds. The van der Waals surface area contributed by atoms with Gasteiger partial charge in [0.2, 0.25) is 0 Å². The molecule has 1 heterocycles. The number of halogens is 1. The van der Waals surface area contributed by atoms with Gasteiger partial charge in [0.15, 0.2) is 0 Å². The fourth-order valence-corrected chi connectivity index (χ4v) is 4.81. The van der Waals surface area contributed by atoms with Gasteiger partial charge in [-0.2, -0.15) is 0 Å². The highest BCUT2D eigenvalue weighted by atomic mass is 35.5. The number of phenols is 1. The maximum Gasteiger partial charge on any atom is 0.137 e. The van der Waals surface area contributed by atoms with Crippen LogP contribution in [0.2, 0.25) is 5.02 Å². The SMILES string of the molecule is CCCCCCCCCCCCCCCCc1cc2c(c(Cl)c1O)CCC(C)(C)O2. The van der Waals surface area contributed by atoms with Crippen LogP contribution in [0.3, 0.4) is 0 Å². The molecule has 1 aliphatic rings. The van der Waals surface area contributed by atoms with Crippen molar-refractivity contribution >= 4 is 11.6 Å². The third kappa shape index (κ3) is 8.69. The van der Waals surface area contributed by atoms with E-state index in [0.29, 0.717) is 5.02 Å². The van der Waals surface area contributed by atoms with Gasteiger partial charge in [-0.25, -0.2) is 0 Å². The number of rotatable bonds is 15. The minimum absolute atomic E-state index is 0.153. The summed E-state index contributed by atoms with van der Waals surface area (Å²) < 4.78 is 6.12. The van der Waals surface area contributed by atoms with E-state index >= 15 is 0 Å². The monoisotopic (exact) mass is 436 g/mol. The van der Waals surface area contributed by atoms with Crippen LogP contribution in [0.5, 0.6) is 11.5 Å². The van der Waals surface area contributed by atoms with E-state index in [1.54, 1.807) is 0 Å². The van der Waals surface area contributed by atoms with Gasteiger partial charge >= 0.3 is 0 Å². The van der Waals surface area contributed by atoms with Crippen molar-refractivity contribution in [3.05, 3.63) is 22.2 Å². The highest BCUT2D eigenvalue weighted by Crippen LogP contribution is 2.43. The third-order valence-electron chi connectivity index (χ3n) is 6.54. The molecule has 1 N–H and O–H groups in total. The summed E-state index contributed by atoms with van der Waals surface area (Å²) in [5.41, 5.74) is 1.76. The van der Waals surface area contributed by atoms with E-state index in [4.69, 9.17) is 16.3 Å². The molecular formula is C27H45ClO2. The van der Waals surface area contributed by atoms with Gasteiger partial charge < -0.3 is 9.84 Å². The molecule has 30 heavy (non-hydrogen) atoms. The van der Waals surface area contributed by atoms with Crippen LogP contribution in [-0.4, -0.2) is 10.7 Å². The number of ether oxygens (including phenoxy) is 1. The van der Waals surface area contributed by atoms with Gasteiger partial charge in [0.05, 0.1) is 5.02 Å². The number of benzene rings is 1. The summed E-state index contributed by atoms with van der Waals surface area (Å²) in [7, 11) is 0. The van der Waals surface area contributed by atoms with Gasteiger partial charge in [-0.3, -0.25) is 0 Å². The van der Waals surface area contributed by atoms with Crippen LogP contribution in [0.4, 0.5) is 0 Å². The van der Waals surface area contributed by atoms with Crippen LogP contribution < -0.4 is 4.74 Å². The molecule has 1 aliphatic heterocycles. The van der Waals surface area contributed by atoms with Gasteiger partial charge in [0.1, 0.15) is 17.1 Å². The second kappa shape index (κ2) is 13.5. The van der Waals surface area contributed by atoms with Crippen molar-refractivity contribution in [3.63, 3.8) is 0 Å². The first-order chi connectivity index (χ1) is 14.4. The molecule has 0 aliphatic carbocycles. The molecule has 0 radical (unpaired) electrons. The molecule has 2 rings (SSSR count). The van der Waals surface area contributed by atoms with Crippen LogP contribution in [0.15, 0.2) is 6.07 Å². The van der Waals surface area contributed by atoms with E-state index in [2.05, 4.69) is 20.8 Å². The van der Waals surface area contributed by atoms with Crippen molar-refractivity contribution in [1.29, 1.82) is 0 Å². The molecule has 0 saturated carbocycles. The van der Waals surface area contributed by atoms with E-state index in [9.17, 15) is 5.11 Å². The van der Waals surface area contributed by atoms with Gasteiger partial charge in [-0.1, -0.05) is 102 Å². The Morgan fingerprint density at radius 1 is 0.867 bits per heavy atom. The summed E-state index contributed by atoms with van der Waals surface area (Å²) in [6, 6.07) is 2.03. The van der Waals surface area contributed by atoms with Crippen LogP contribution in [0, 0.1) is 0 Å². The average Bonchev–Trinajstić information content (AvgIpc) is 2.71. The van der Waals surface area contributed by atoms with Gasteiger partial charge in [-0.15, -0.1) is 0 Å². The Kier molecular flexibility index (Phi) is 11.4. The second-order valence-electron chi connectivity index (χ2n) is 9.88. The lowest BCUT2D eigenvalue weighted by molar-refractivity contribution is 0.0844. The largest absolute Gasteiger partial charge is 0.506 e. The second-order valence-corrected chi connectivity index (χ2v) is 10.3. The van der Waals surface area contributed by atoms with E-state index in [0.717, 1.165) is 42.6 Å². The quantitative estimate of drug-likeness (QED) is 0.277. The Balaban J connectivity index is 1.56. The molecular weight excluding hydrogens is 392 g/mol. The zero-order valence-electron chi connectivity index (χ0n) is 19.8. The number of hydrogen-bond donors (Lipinski definition) is 1. The molecule has 0 aromatic heterocycles. The number of aryl methyl sites for hydroxylation is 1. The first-order valence-electron chi connectivity index (χ1n) is 12.7. The summed E-state index contributed by atoms with van der Waals surface area (Å²) in [4.78, 5) is 0. The topological polar surface area (TPSA) is 29.5 Å². The van der Waals surface area contributed by atoms with Gasteiger partial charge in [0, 0.05) is 5.56 Å².